The van der Waals surface area contributed by atoms with Gasteiger partial charge < -0.3 is 19.7 Å². The normalized spacial score (nSPS) is 13.4. The molecule has 0 aliphatic carbocycles. The van der Waals surface area contributed by atoms with E-state index in [1.807, 2.05) is 31.2 Å². The molecule has 2 aromatic rings. The Morgan fingerprint density at radius 1 is 1.10 bits per heavy atom. The molecule has 1 N–H and O–H groups in total. The standard InChI is InChI=1S/C22H24N2O5/c1-3-28-19-11-7-5-9-17(19)21(26)23-14-20(25)29-15(2)22(27)24-13-12-16-8-4-6-10-18(16)24/h4-11,15H,3,12-14H2,1-2H3,(H,23,26)/t15-/m1/s1. The Bertz CT molecular complexity index is 912. The number of nitrogens with zero attached hydrogens (tertiary/aromatic N) is 1. The van der Waals surface area contributed by atoms with E-state index in [0.717, 1.165) is 17.7 Å². The van der Waals surface area contributed by atoms with Crippen molar-refractivity contribution in [3.8, 4) is 5.75 Å². The van der Waals surface area contributed by atoms with Crippen molar-refractivity contribution < 1.29 is 23.9 Å². The molecule has 0 spiro atoms. The second-order valence-electron chi connectivity index (χ2n) is 6.61. The van der Waals surface area contributed by atoms with E-state index in [1.165, 1.54) is 6.92 Å². The van der Waals surface area contributed by atoms with E-state index in [9.17, 15) is 14.4 Å². The molecule has 7 nitrogen and oxygen atoms in total. The number of benzene rings is 2. The van der Waals surface area contributed by atoms with Crippen molar-refractivity contribution in [2.45, 2.75) is 26.4 Å². The van der Waals surface area contributed by atoms with Gasteiger partial charge in [0.15, 0.2) is 6.10 Å². The summed E-state index contributed by atoms with van der Waals surface area (Å²) in [5.74, 6) is -0.965. The highest BCUT2D eigenvalue weighted by molar-refractivity contribution is 6.00. The minimum Gasteiger partial charge on any atom is -0.493 e. The fraction of sp³-hybridized carbons (Fsp3) is 0.318. The van der Waals surface area contributed by atoms with Gasteiger partial charge in [0.2, 0.25) is 0 Å². The van der Waals surface area contributed by atoms with Gasteiger partial charge in [-0.2, -0.15) is 0 Å². The minimum absolute atomic E-state index is 0.281. The lowest BCUT2D eigenvalue weighted by Gasteiger charge is -2.21. The van der Waals surface area contributed by atoms with E-state index in [2.05, 4.69) is 5.32 Å². The Hall–Kier alpha value is -3.35. The topological polar surface area (TPSA) is 84.9 Å². The van der Waals surface area contributed by atoms with Gasteiger partial charge in [0, 0.05) is 12.2 Å². The maximum atomic E-state index is 12.7. The molecule has 2 amide bonds. The largest absolute Gasteiger partial charge is 0.493 e. The van der Waals surface area contributed by atoms with E-state index in [4.69, 9.17) is 9.47 Å². The Morgan fingerprint density at radius 3 is 2.62 bits per heavy atom. The zero-order valence-corrected chi connectivity index (χ0v) is 16.5. The number of esters is 1. The predicted molar refractivity (Wildman–Crippen MR) is 108 cm³/mol. The van der Waals surface area contributed by atoms with Crippen LogP contribution in [0.2, 0.25) is 0 Å². The third kappa shape index (κ3) is 4.74. The fourth-order valence-electron chi connectivity index (χ4n) is 3.26. The molecule has 2 aromatic carbocycles. The van der Waals surface area contributed by atoms with Crippen molar-refractivity contribution in [3.63, 3.8) is 0 Å². The number of nitrogens with one attached hydrogen (secondary N) is 1. The summed E-state index contributed by atoms with van der Waals surface area (Å²) < 4.78 is 10.6. The van der Waals surface area contributed by atoms with Crippen LogP contribution in [0, 0.1) is 0 Å². The molecule has 0 saturated carbocycles. The average Bonchev–Trinajstić information content (AvgIpc) is 3.16. The van der Waals surface area contributed by atoms with Crippen LogP contribution in [0.25, 0.3) is 0 Å². The molecule has 0 aromatic heterocycles. The van der Waals surface area contributed by atoms with Crippen LogP contribution in [0.5, 0.6) is 5.75 Å². The second-order valence-corrected chi connectivity index (χ2v) is 6.61. The summed E-state index contributed by atoms with van der Waals surface area (Å²) in [6, 6.07) is 14.4. The summed E-state index contributed by atoms with van der Waals surface area (Å²) in [6.45, 7) is 4.00. The monoisotopic (exact) mass is 396 g/mol. The molecule has 0 radical (unpaired) electrons. The number of ether oxygens (including phenoxy) is 2. The summed E-state index contributed by atoms with van der Waals surface area (Å²) in [7, 11) is 0. The van der Waals surface area contributed by atoms with Crippen molar-refractivity contribution in [3.05, 3.63) is 59.7 Å². The van der Waals surface area contributed by atoms with Gasteiger partial charge in [-0.25, -0.2) is 0 Å². The lowest BCUT2D eigenvalue weighted by molar-refractivity contribution is -0.152. The molecule has 1 heterocycles. The maximum Gasteiger partial charge on any atom is 0.326 e. The van der Waals surface area contributed by atoms with Crippen LogP contribution in [-0.2, 0) is 20.7 Å². The molecule has 0 saturated heterocycles. The van der Waals surface area contributed by atoms with Crippen molar-refractivity contribution in [1.29, 1.82) is 0 Å². The lowest BCUT2D eigenvalue weighted by atomic mass is 10.2. The number of amides is 2. The van der Waals surface area contributed by atoms with Crippen LogP contribution in [0.4, 0.5) is 5.69 Å². The fourth-order valence-corrected chi connectivity index (χ4v) is 3.26. The molecular weight excluding hydrogens is 372 g/mol. The minimum atomic E-state index is -0.943. The number of anilines is 1. The number of rotatable bonds is 7. The first-order valence-electron chi connectivity index (χ1n) is 9.60. The molecule has 3 rings (SSSR count). The maximum absolute atomic E-state index is 12.7. The Labute approximate surface area is 169 Å². The van der Waals surface area contributed by atoms with E-state index in [0.29, 0.717) is 24.5 Å². The van der Waals surface area contributed by atoms with Crippen molar-refractivity contribution >= 4 is 23.5 Å². The molecule has 1 atom stereocenters. The van der Waals surface area contributed by atoms with Gasteiger partial charge in [-0.3, -0.25) is 14.4 Å². The van der Waals surface area contributed by atoms with E-state index in [-0.39, 0.29) is 12.5 Å². The van der Waals surface area contributed by atoms with Gasteiger partial charge >= 0.3 is 5.97 Å². The highest BCUT2D eigenvalue weighted by atomic mass is 16.5. The van der Waals surface area contributed by atoms with Gasteiger partial charge in [-0.1, -0.05) is 30.3 Å². The van der Waals surface area contributed by atoms with Gasteiger partial charge in [-0.05, 0) is 44.0 Å². The molecule has 29 heavy (non-hydrogen) atoms. The quantitative estimate of drug-likeness (QED) is 0.726. The zero-order valence-electron chi connectivity index (χ0n) is 16.5. The Balaban J connectivity index is 1.53. The van der Waals surface area contributed by atoms with Crippen LogP contribution < -0.4 is 15.0 Å². The molecule has 0 unspecified atom stereocenters. The highest BCUT2D eigenvalue weighted by Crippen LogP contribution is 2.28. The van der Waals surface area contributed by atoms with Crippen molar-refractivity contribution in [1.82, 2.24) is 5.32 Å². The summed E-state index contributed by atoms with van der Waals surface area (Å²) in [5, 5.41) is 2.51. The molecule has 152 valence electrons. The smallest absolute Gasteiger partial charge is 0.326 e. The number of para-hydroxylation sites is 2. The first-order valence-corrected chi connectivity index (χ1v) is 9.60. The van der Waals surface area contributed by atoms with Gasteiger partial charge in [0.25, 0.3) is 11.8 Å². The van der Waals surface area contributed by atoms with Gasteiger partial charge in [-0.15, -0.1) is 0 Å². The van der Waals surface area contributed by atoms with Gasteiger partial charge in [0.1, 0.15) is 12.3 Å². The molecule has 0 bridgehead atoms. The molecule has 1 aliphatic heterocycles. The lowest BCUT2D eigenvalue weighted by Crippen LogP contribution is -2.41. The zero-order chi connectivity index (χ0) is 20.8. The Morgan fingerprint density at radius 2 is 1.83 bits per heavy atom. The Kier molecular flexibility index (Phi) is 6.49. The van der Waals surface area contributed by atoms with Crippen LogP contribution in [0.15, 0.2) is 48.5 Å². The van der Waals surface area contributed by atoms with E-state index in [1.54, 1.807) is 29.2 Å². The first kappa shape index (κ1) is 20.4. The predicted octanol–water partition coefficient (Wildman–Crippen LogP) is 2.34. The van der Waals surface area contributed by atoms with E-state index < -0.39 is 18.0 Å². The summed E-state index contributed by atoms with van der Waals surface area (Å²) >= 11 is 0. The van der Waals surface area contributed by atoms with Crippen molar-refractivity contribution in [2.24, 2.45) is 0 Å². The SMILES string of the molecule is CCOc1ccccc1C(=O)NCC(=O)O[C@H](C)C(=O)N1CCc2ccccc21. The van der Waals surface area contributed by atoms with Crippen LogP contribution in [-0.4, -0.2) is 43.6 Å². The third-order valence-electron chi connectivity index (χ3n) is 4.63. The molecule has 0 fully saturated rings. The highest BCUT2D eigenvalue weighted by Gasteiger charge is 2.29. The van der Waals surface area contributed by atoms with Crippen LogP contribution in [0.3, 0.4) is 0 Å². The first-order chi connectivity index (χ1) is 14.0. The molecule has 7 heteroatoms. The molecule has 1 aliphatic rings. The number of fused-ring (bicyclic) bond motifs is 1. The number of hydrogen-bond acceptors (Lipinski definition) is 5. The second kappa shape index (κ2) is 9.23. The number of carbonyl (C=O) groups is 3. The van der Waals surface area contributed by atoms with Gasteiger partial charge in [0.05, 0.1) is 12.2 Å². The third-order valence-corrected chi connectivity index (χ3v) is 4.63. The number of carbonyl (C=O) groups excluding carboxylic acids is 3. The van der Waals surface area contributed by atoms with E-state index >= 15 is 0 Å². The number of hydrogen-bond donors (Lipinski definition) is 1. The van der Waals surface area contributed by atoms with Crippen LogP contribution >= 0.6 is 0 Å². The average molecular weight is 396 g/mol. The van der Waals surface area contributed by atoms with Crippen molar-refractivity contribution in [2.75, 3.05) is 24.6 Å². The summed E-state index contributed by atoms with van der Waals surface area (Å²) in [4.78, 5) is 38.8. The summed E-state index contributed by atoms with van der Waals surface area (Å²) in [5.41, 5.74) is 2.28. The summed E-state index contributed by atoms with van der Waals surface area (Å²) in [6.07, 6.45) is -0.168. The van der Waals surface area contributed by atoms with Crippen LogP contribution in [0.1, 0.15) is 29.8 Å². The molecular formula is C22H24N2O5.